The topological polar surface area (TPSA) is 98.3 Å². The Kier molecular flexibility index (Phi) is 3.54. The minimum absolute atomic E-state index is 0.0832. The van der Waals surface area contributed by atoms with E-state index in [0.29, 0.717) is 22.0 Å². The van der Waals surface area contributed by atoms with Crippen molar-refractivity contribution in [1.82, 2.24) is 9.97 Å². The Balaban J connectivity index is 2.51. The number of rotatable bonds is 3. The summed E-state index contributed by atoms with van der Waals surface area (Å²) in [7, 11) is 1.48. The Morgan fingerprint density at radius 1 is 1.33 bits per heavy atom. The summed E-state index contributed by atoms with van der Waals surface area (Å²) in [6.45, 7) is 0. The van der Waals surface area contributed by atoms with Gasteiger partial charge in [0.1, 0.15) is 0 Å². The number of hydrogen-bond acceptors (Lipinski definition) is 5. The number of hydrogen-bond donors (Lipinski definition) is 2. The lowest BCUT2D eigenvalue weighted by Gasteiger charge is -2.05. The Bertz CT molecular complexity index is 604. The van der Waals surface area contributed by atoms with Gasteiger partial charge in [0.25, 0.3) is 0 Å². The highest BCUT2D eigenvalue weighted by Crippen LogP contribution is 2.23. The Hall–Kier alpha value is -1.99. The molecule has 1 heterocycles. The molecule has 0 aliphatic rings. The molecule has 0 saturated heterocycles. The van der Waals surface area contributed by atoms with Crippen LogP contribution in [0.3, 0.4) is 0 Å². The summed E-state index contributed by atoms with van der Waals surface area (Å²) in [5.74, 6) is 0.424. The van der Waals surface area contributed by atoms with E-state index in [1.807, 2.05) is 0 Å². The number of benzene rings is 1. The molecule has 18 heavy (non-hydrogen) atoms. The van der Waals surface area contributed by atoms with Crippen LogP contribution < -0.4 is 10.5 Å². The monoisotopic (exact) mass is 265 g/mol. The van der Waals surface area contributed by atoms with Gasteiger partial charge in [-0.3, -0.25) is 0 Å². The van der Waals surface area contributed by atoms with E-state index >= 15 is 0 Å². The van der Waals surface area contributed by atoms with Gasteiger partial charge in [-0.15, -0.1) is 0 Å². The van der Waals surface area contributed by atoms with E-state index in [9.17, 15) is 4.21 Å². The molecule has 6 nitrogen and oxygen atoms in total. The maximum atomic E-state index is 11.0. The van der Waals surface area contributed by atoms with Crippen molar-refractivity contribution in [3.8, 4) is 17.1 Å². The van der Waals surface area contributed by atoms with Gasteiger partial charge >= 0.3 is 0 Å². The molecule has 1 aromatic heterocycles. The van der Waals surface area contributed by atoms with E-state index in [-0.39, 0.29) is 5.95 Å². The van der Waals surface area contributed by atoms with Crippen LogP contribution in [-0.2, 0) is 11.1 Å². The molecule has 1 unspecified atom stereocenters. The third-order valence-corrected chi connectivity index (χ3v) is 2.92. The highest BCUT2D eigenvalue weighted by atomic mass is 32.2. The third-order valence-electron chi connectivity index (χ3n) is 2.26. The molecule has 0 fully saturated rings. The van der Waals surface area contributed by atoms with E-state index in [1.165, 1.54) is 7.11 Å². The molecule has 1 atom stereocenters. The molecule has 0 bridgehead atoms. The number of ether oxygens (including phenoxy) is 1. The van der Waals surface area contributed by atoms with Gasteiger partial charge in [0, 0.05) is 11.6 Å². The lowest BCUT2D eigenvalue weighted by Crippen LogP contribution is -1.99. The average Bonchev–Trinajstić information content (AvgIpc) is 2.38. The van der Waals surface area contributed by atoms with Crippen molar-refractivity contribution in [3.63, 3.8) is 0 Å². The van der Waals surface area contributed by atoms with Crippen LogP contribution in [0.1, 0.15) is 0 Å². The van der Waals surface area contributed by atoms with E-state index in [2.05, 4.69) is 9.97 Å². The number of nitrogen functional groups attached to an aromatic ring is 1. The zero-order valence-electron chi connectivity index (χ0n) is 9.53. The smallest absolute Gasteiger partial charge is 0.223 e. The number of nitrogens with zero attached hydrogens (tertiary/aromatic N) is 2. The van der Waals surface area contributed by atoms with Crippen molar-refractivity contribution in [1.29, 1.82) is 0 Å². The van der Waals surface area contributed by atoms with Crippen molar-refractivity contribution in [3.05, 3.63) is 30.3 Å². The van der Waals surface area contributed by atoms with Crippen molar-refractivity contribution in [2.24, 2.45) is 0 Å². The predicted molar refractivity (Wildman–Crippen MR) is 67.5 cm³/mol. The molecule has 0 radical (unpaired) electrons. The third kappa shape index (κ3) is 2.63. The van der Waals surface area contributed by atoms with Gasteiger partial charge in [-0.2, -0.15) is 4.98 Å². The molecule has 2 rings (SSSR count). The SMILES string of the molecule is COc1cc(-c2cccc(S(=O)O)c2)nc(N)n1. The van der Waals surface area contributed by atoms with Crippen LogP contribution in [0, 0.1) is 0 Å². The largest absolute Gasteiger partial charge is 0.481 e. The first-order valence-corrected chi connectivity index (χ1v) is 6.10. The van der Waals surface area contributed by atoms with Crippen LogP contribution in [0.4, 0.5) is 5.95 Å². The molecular weight excluding hydrogens is 254 g/mol. The first-order chi connectivity index (χ1) is 8.60. The van der Waals surface area contributed by atoms with Crippen LogP contribution in [0.15, 0.2) is 35.2 Å². The van der Waals surface area contributed by atoms with E-state index in [4.69, 9.17) is 15.0 Å². The zero-order chi connectivity index (χ0) is 13.1. The second kappa shape index (κ2) is 5.11. The van der Waals surface area contributed by atoms with Gasteiger partial charge in [0.05, 0.1) is 17.7 Å². The summed E-state index contributed by atoms with van der Waals surface area (Å²) < 4.78 is 25.0. The normalized spacial score (nSPS) is 12.1. The summed E-state index contributed by atoms with van der Waals surface area (Å²) in [4.78, 5) is 8.22. The van der Waals surface area contributed by atoms with Crippen molar-refractivity contribution < 1.29 is 13.5 Å². The fourth-order valence-corrected chi connectivity index (χ4v) is 1.88. The number of nitrogens with two attached hydrogens (primary N) is 1. The van der Waals surface area contributed by atoms with E-state index in [0.717, 1.165) is 0 Å². The number of anilines is 1. The molecule has 0 saturated carbocycles. The molecular formula is C11H11N3O3S. The zero-order valence-corrected chi connectivity index (χ0v) is 10.3. The fraction of sp³-hybridized carbons (Fsp3) is 0.0909. The van der Waals surface area contributed by atoms with Gasteiger partial charge in [-0.25, -0.2) is 9.19 Å². The van der Waals surface area contributed by atoms with Crippen molar-refractivity contribution >= 4 is 17.0 Å². The molecule has 0 amide bonds. The number of aromatic nitrogens is 2. The predicted octanol–water partition coefficient (Wildman–Crippen LogP) is 1.31. The first-order valence-electron chi connectivity index (χ1n) is 5.00. The van der Waals surface area contributed by atoms with E-state index in [1.54, 1.807) is 30.3 Å². The second-order valence-corrected chi connectivity index (χ2v) is 4.40. The summed E-state index contributed by atoms with van der Waals surface area (Å²) in [6.07, 6.45) is 0. The van der Waals surface area contributed by atoms with Gasteiger partial charge in [-0.1, -0.05) is 12.1 Å². The second-order valence-electron chi connectivity index (χ2n) is 3.43. The maximum Gasteiger partial charge on any atom is 0.223 e. The van der Waals surface area contributed by atoms with E-state index < -0.39 is 11.1 Å². The van der Waals surface area contributed by atoms with Gasteiger partial charge in [0.2, 0.25) is 11.8 Å². The summed E-state index contributed by atoms with van der Waals surface area (Å²) in [5, 5.41) is 0. The average molecular weight is 265 g/mol. The van der Waals surface area contributed by atoms with Crippen molar-refractivity contribution in [2.75, 3.05) is 12.8 Å². The number of methoxy groups -OCH3 is 1. The Labute approximate surface area is 106 Å². The first kappa shape index (κ1) is 12.5. The summed E-state index contributed by atoms with van der Waals surface area (Å²) >= 11 is -2.03. The Morgan fingerprint density at radius 3 is 2.78 bits per heavy atom. The van der Waals surface area contributed by atoms with Crippen LogP contribution in [0.25, 0.3) is 11.3 Å². The molecule has 3 N–H and O–H groups in total. The molecule has 0 spiro atoms. The molecule has 0 aliphatic carbocycles. The minimum Gasteiger partial charge on any atom is -0.481 e. The van der Waals surface area contributed by atoms with Crippen molar-refractivity contribution in [2.45, 2.75) is 4.90 Å². The van der Waals surface area contributed by atoms with Crippen LogP contribution in [0.2, 0.25) is 0 Å². The summed E-state index contributed by atoms with van der Waals surface area (Å²) in [6, 6.07) is 8.16. The standard InChI is InChI=1S/C11H11N3O3S/c1-17-10-6-9(13-11(12)14-10)7-3-2-4-8(5-7)18(15)16/h2-6H,1H3,(H,15,16)(H2,12,13,14). The van der Waals surface area contributed by atoms with Crippen LogP contribution in [-0.4, -0.2) is 25.8 Å². The highest BCUT2D eigenvalue weighted by Gasteiger charge is 2.07. The Morgan fingerprint density at radius 2 is 2.11 bits per heavy atom. The quantitative estimate of drug-likeness (QED) is 0.812. The maximum absolute atomic E-state index is 11.0. The van der Waals surface area contributed by atoms with Crippen LogP contribution >= 0.6 is 0 Å². The fourth-order valence-electron chi connectivity index (χ4n) is 1.46. The van der Waals surface area contributed by atoms with Gasteiger partial charge in [-0.05, 0) is 12.1 Å². The highest BCUT2D eigenvalue weighted by molar-refractivity contribution is 7.79. The molecule has 1 aromatic carbocycles. The lowest BCUT2D eigenvalue weighted by atomic mass is 10.1. The molecule has 94 valence electrons. The summed E-state index contributed by atoms with van der Waals surface area (Å²) in [5.41, 5.74) is 6.76. The van der Waals surface area contributed by atoms with Crippen LogP contribution in [0.5, 0.6) is 5.88 Å². The minimum atomic E-state index is -2.03. The molecule has 2 aromatic rings. The molecule has 0 aliphatic heterocycles. The lowest BCUT2D eigenvalue weighted by molar-refractivity contribution is 0.398. The van der Waals surface area contributed by atoms with Gasteiger partial charge < -0.3 is 15.0 Å². The van der Waals surface area contributed by atoms with Gasteiger partial charge in [0.15, 0.2) is 11.1 Å². The molecule has 7 heteroatoms.